The lowest BCUT2D eigenvalue weighted by Crippen LogP contribution is -2.47. The van der Waals surface area contributed by atoms with Gasteiger partial charge in [0, 0.05) is 51.4 Å². The molecular formula is C25H35N3O4. The molecule has 0 saturated carbocycles. The summed E-state index contributed by atoms with van der Waals surface area (Å²) in [7, 11) is 3.79. The Kier molecular flexibility index (Phi) is 7.49. The summed E-state index contributed by atoms with van der Waals surface area (Å²) in [4.78, 5) is 57.3. The Morgan fingerprint density at radius 1 is 1.19 bits per heavy atom. The monoisotopic (exact) mass is 441 g/mol. The summed E-state index contributed by atoms with van der Waals surface area (Å²) in [6, 6.07) is 7.53. The average molecular weight is 442 g/mol. The van der Waals surface area contributed by atoms with Gasteiger partial charge in [-0.05, 0) is 45.0 Å². The van der Waals surface area contributed by atoms with Gasteiger partial charge in [-0.15, -0.1) is 0 Å². The quantitative estimate of drug-likeness (QED) is 0.578. The van der Waals surface area contributed by atoms with Crippen LogP contribution in [-0.4, -0.2) is 78.5 Å². The van der Waals surface area contributed by atoms with Gasteiger partial charge in [-0.2, -0.15) is 0 Å². The number of likely N-dealkylation sites (N-methyl/N-ethyl adjacent to an activating group) is 1. The van der Waals surface area contributed by atoms with Gasteiger partial charge < -0.3 is 9.80 Å². The van der Waals surface area contributed by atoms with Gasteiger partial charge in [0.05, 0.1) is 5.41 Å². The highest BCUT2D eigenvalue weighted by Gasteiger charge is 2.54. The van der Waals surface area contributed by atoms with E-state index in [9.17, 15) is 19.2 Å². The first kappa shape index (κ1) is 24.1. The number of amides is 3. The number of ketones is 1. The smallest absolute Gasteiger partial charge is 0.240 e. The Labute approximate surface area is 190 Å². The van der Waals surface area contributed by atoms with Gasteiger partial charge in [0.15, 0.2) is 0 Å². The molecule has 2 fully saturated rings. The molecule has 2 saturated heterocycles. The van der Waals surface area contributed by atoms with E-state index in [1.54, 1.807) is 4.90 Å². The molecule has 174 valence electrons. The van der Waals surface area contributed by atoms with Gasteiger partial charge in [0.2, 0.25) is 17.7 Å². The van der Waals surface area contributed by atoms with Crippen LogP contribution in [0.15, 0.2) is 24.3 Å². The molecule has 0 spiro atoms. The first-order chi connectivity index (χ1) is 15.2. The second kappa shape index (κ2) is 9.94. The van der Waals surface area contributed by atoms with E-state index in [-0.39, 0.29) is 42.3 Å². The maximum atomic E-state index is 13.7. The van der Waals surface area contributed by atoms with E-state index in [0.717, 1.165) is 24.0 Å². The van der Waals surface area contributed by atoms with E-state index in [2.05, 4.69) is 0 Å². The number of rotatable bonds is 8. The Morgan fingerprint density at radius 3 is 2.56 bits per heavy atom. The minimum Gasteiger partial charge on any atom is -0.342 e. The van der Waals surface area contributed by atoms with Crippen molar-refractivity contribution in [2.75, 3.05) is 40.3 Å². The van der Waals surface area contributed by atoms with Gasteiger partial charge in [-0.25, -0.2) is 0 Å². The number of piperidine rings is 1. The summed E-state index contributed by atoms with van der Waals surface area (Å²) < 4.78 is 0. The van der Waals surface area contributed by atoms with Gasteiger partial charge in [-0.1, -0.05) is 31.2 Å². The molecule has 32 heavy (non-hydrogen) atoms. The topological polar surface area (TPSA) is 78.0 Å². The molecule has 3 rings (SSSR count). The lowest BCUT2D eigenvalue weighted by Gasteiger charge is -2.35. The predicted octanol–water partition coefficient (Wildman–Crippen LogP) is 2.16. The number of hydrogen-bond acceptors (Lipinski definition) is 5. The number of carbonyl (C=O) groups excluding carboxylic acids is 4. The molecule has 0 bridgehead atoms. The number of likely N-dealkylation sites (tertiary alicyclic amines) is 2. The lowest BCUT2D eigenvalue weighted by molar-refractivity contribution is -0.144. The molecule has 7 nitrogen and oxygen atoms in total. The molecule has 1 aromatic carbocycles. The Morgan fingerprint density at radius 2 is 1.91 bits per heavy atom. The van der Waals surface area contributed by atoms with Crippen molar-refractivity contribution < 1.29 is 19.2 Å². The van der Waals surface area contributed by atoms with Gasteiger partial charge in [0.1, 0.15) is 5.78 Å². The Bertz CT molecular complexity index is 897. The SMILES string of the molecule is CCC(=O)[C@H]1CCCN(C(=O)C[C@@]2(c3ccccc3C)CC(=O)N(CCN(C)C)C2=O)C1. The number of imide groups is 1. The van der Waals surface area contributed by atoms with Crippen LogP contribution in [0.1, 0.15) is 50.2 Å². The molecule has 7 heteroatoms. The highest BCUT2D eigenvalue weighted by Crippen LogP contribution is 2.42. The summed E-state index contributed by atoms with van der Waals surface area (Å²) in [6.07, 6.45) is 2.00. The van der Waals surface area contributed by atoms with E-state index in [0.29, 0.717) is 32.6 Å². The zero-order valence-electron chi connectivity index (χ0n) is 19.7. The van der Waals surface area contributed by atoms with Crippen molar-refractivity contribution in [2.24, 2.45) is 5.92 Å². The van der Waals surface area contributed by atoms with E-state index >= 15 is 0 Å². The van der Waals surface area contributed by atoms with E-state index in [1.165, 1.54) is 4.90 Å². The van der Waals surface area contributed by atoms with Crippen molar-refractivity contribution in [1.82, 2.24) is 14.7 Å². The summed E-state index contributed by atoms with van der Waals surface area (Å²) in [5, 5.41) is 0. The van der Waals surface area contributed by atoms with Gasteiger partial charge in [-0.3, -0.25) is 24.1 Å². The fourth-order valence-electron chi connectivity index (χ4n) is 5.01. The number of benzene rings is 1. The van der Waals surface area contributed by atoms with Crippen LogP contribution in [-0.2, 0) is 24.6 Å². The van der Waals surface area contributed by atoms with Crippen molar-refractivity contribution in [3.05, 3.63) is 35.4 Å². The highest BCUT2D eigenvalue weighted by molar-refractivity contribution is 6.11. The number of carbonyl (C=O) groups is 4. The zero-order valence-corrected chi connectivity index (χ0v) is 19.7. The van der Waals surface area contributed by atoms with Gasteiger partial charge >= 0.3 is 0 Å². The molecule has 2 heterocycles. The second-order valence-electron chi connectivity index (χ2n) is 9.40. The summed E-state index contributed by atoms with van der Waals surface area (Å²) >= 11 is 0. The van der Waals surface area contributed by atoms with Crippen LogP contribution in [0.4, 0.5) is 0 Å². The molecule has 0 unspecified atom stereocenters. The fourth-order valence-corrected chi connectivity index (χ4v) is 5.01. The maximum Gasteiger partial charge on any atom is 0.240 e. The second-order valence-corrected chi connectivity index (χ2v) is 9.40. The molecule has 0 radical (unpaired) electrons. The van der Waals surface area contributed by atoms with Gasteiger partial charge in [0.25, 0.3) is 0 Å². The normalized spacial score (nSPS) is 23.8. The largest absolute Gasteiger partial charge is 0.342 e. The van der Waals surface area contributed by atoms with Crippen LogP contribution >= 0.6 is 0 Å². The standard InChI is InChI=1S/C25H35N3O4/c1-5-21(29)19-10-8-12-27(17-19)22(30)15-25(20-11-7-6-9-18(20)2)16-23(31)28(24(25)32)14-13-26(3)4/h6-7,9,11,19H,5,8,10,12-17H2,1-4H3/t19-,25-/m0/s1. The Balaban J connectivity index is 1.90. The molecule has 2 aliphatic rings. The van der Waals surface area contributed by atoms with Crippen LogP contribution in [0.3, 0.4) is 0 Å². The summed E-state index contributed by atoms with van der Waals surface area (Å²) in [5.41, 5.74) is 0.457. The molecular weight excluding hydrogens is 406 g/mol. The van der Waals surface area contributed by atoms with Crippen LogP contribution in [0, 0.1) is 12.8 Å². The molecule has 0 aliphatic carbocycles. The zero-order chi connectivity index (χ0) is 23.5. The van der Waals surface area contributed by atoms with Crippen LogP contribution in [0.25, 0.3) is 0 Å². The van der Waals surface area contributed by atoms with Crippen LogP contribution < -0.4 is 0 Å². The minimum absolute atomic E-state index is 0.00101. The van der Waals surface area contributed by atoms with Crippen molar-refractivity contribution in [3.63, 3.8) is 0 Å². The van der Waals surface area contributed by atoms with E-state index < -0.39 is 5.41 Å². The molecule has 3 amide bonds. The fraction of sp³-hybridized carbons (Fsp3) is 0.600. The minimum atomic E-state index is -1.19. The van der Waals surface area contributed by atoms with Crippen molar-refractivity contribution in [2.45, 2.75) is 51.4 Å². The van der Waals surface area contributed by atoms with Crippen molar-refractivity contribution >= 4 is 23.5 Å². The predicted molar refractivity (Wildman–Crippen MR) is 122 cm³/mol. The van der Waals surface area contributed by atoms with E-state index in [1.807, 2.05) is 57.1 Å². The average Bonchev–Trinajstić information content (AvgIpc) is 3.01. The number of aryl methyl sites for hydroxylation is 1. The summed E-state index contributed by atoms with van der Waals surface area (Å²) in [6.45, 7) is 5.63. The van der Waals surface area contributed by atoms with E-state index in [4.69, 9.17) is 0 Å². The third-order valence-corrected chi connectivity index (χ3v) is 6.87. The van der Waals surface area contributed by atoms with Crippen molar-refractivity contribution in [3.8, 4) is 0 Å². The third-order valence-electron chi connectivity index (χ3n) is 6.87. The highest BCUT2D eigenvalue weighted by atomic mass is 16.2. The number of Topliss-reactive ketones (excluding diaryl/α,β-unsaturated/α-hetero) is 1. The first-order valence-corrected chi connectivity index (χ1v) is 11.6. The molecule has 0 N–H and O–H groups in total. The first-order valence-electron chi connectivity index (χ1n) is 11.6. The molecule has 1 aromatic rings. The maximum absolute atomic E-state index is 13.7. The Hall–Kier alpha value is -2.54. The van der Waals surface area contributed by atoms with Crippen LogP contribution in [0.2, 0.25) is 0 Å². The number of hydrogen-bond donors (Lipinski definition) is 0. The summed E-state index contributed by atoms with van der Waals surface area (Å²) in [5.74, 6) is -0.629. The van der Waals surface area contributed by atoms with Crippen LogP contribution in [0.5, 0.6) is 0 Å². The number of nitrogens with zero attached hydrogens (tertiary/aromatic N) is 3. The molecule has 2 atom stereocenters. The van der Waals surface area contributed by atoms with Crippen molar-refractivity contribution in [1.29, 1.82) is 0 Å². The third kappa shape index (κ3) is 4.77. The molecule has 0 aromatic heterocycles. The lowest BCUT2D eigenvalue weighted by atomic mass is 9.73. The molecule has 2 aliphatic heterocycles.